The minimum Gasteiger partial charge on any atom is -0.436 e. The van der Waals surface area contributed by atoms with Crippen molar-refractivity contribution in [1.29, 1.82) is 0 Å². The zero-order chi connectivity index (χ0) is 13.0. The van der Waals surface area contributed by atoms with E-state index in [1.54, 1.807) is 12.3 Å². The molecule has 0 spiro atoms. The van der Waals surface area contributed by atoms with Gasteiger partial charge in [-0.2, -0.15) is 0 Å². The molecule has 0 aromatic carbocycles. The van der Waals surface area contributed by atoms with E-state index in [-0.39, 0.29) is 0 Å². The highest BCUT2D eigenvalue weighted by Gasteiger charge is 2.39. The molecule has 0 unspecified atom stereocenters. The van der Waals surface area contributed by atoms with Gasteiger partial charge >= 0.3 is 6.09 Å². The van der Waals surface area contributed by atoms with Gasteiger partial charge in [-0.25, -0.2) is 14.8 Å². The van der Waals surface area contributed by atoms with Crippen molar-refractivity contribution in [2.45, 2.75) is 23.6 Å². The summed E-state index contributed by atoms with van der Waals surface area (Å²) in [4.78, 5) is 19.6. The summed E-state index contributed by atoms with van der Waals surface area (Å²) >= 11 is 1.44. The van der Waals surface area contributed by atoms with Crippen molar-refractivity contribution in [3.05, 3.63) is 18.0 Å². The van der Waals surface area contributed by atoms with Crippen LogP contribution in [0.4, 0.5) is 4.79 Å². The van der Waals surface area contributed by atoms with E-state index in [0.29, 0.717) is 36.9 Å². The maximum absolute atomic E-state index is 11.1. The number of nitrogens with zero attached hydrogens (tertiary/aromatic N) is 2. The maximum atomic E-state index is 11.1. The van der Waals surface area contributed by atoms with E-state index in [0.717, 1.165) is 0 Å². The molecule has 1 amide bonds. The summed E-state index contributed by atoms with van der Waals surface area (Å²) in [5.74, 6) is 0. The smallest absolute Gasteiger partial charge is 0.405 e. The third-order valence-electron chi connectivity index (χ3n) is 2.88. The molecule has 7 heteroatoms. The molecule has 98 valence electrons. The third-order valence-corrected chi connectivity index (χ3v) is 3.44. The number of amides is 1. The molecule has 18 heavy (non-hydrogen) atoms. The Labute approximate surface area is 109 Å². The number of nitrogens with two attached hydrogens (primary N) is 1. The number of carbonyl (C=O) groups excluding carboxylic acids is 1. The minimum atomic E-state index is -0.791. The van der Waals surface area contributed by atoms with E-state index in [2.05, 4.69) is 9.97 Å². The molecule has 0 radical (unpaired) electrons. The van der Waals surface area contributed by atoms with Gasteiger partial charge in [0.2, 0.25) is 0 Å². The molecule has 0 aliphatic carbocycles. The summed E-state index contributed by atoms with van der Waals surface area (Å²) in [6.45, 7) is 1.04. The second-order valence-corrected chi connectivity index (χ2v) is 4.73. The zero-order valence-corrected chi connectivity index (χ0v) is 10.9. The average Bonchev–Trinajstić information content (AvgIpc) is 2.39. The highest BCUT2D eigenvalue weighted by Crippen LogP contribution is 2.35. The Kier molecular flexibility index (Phi) is 4.03. The van der Waals surface area contributed by atoms with Gasteiger partial charge in [0.15, 0.2) is 10.8 Å². The van der Waals surface area contributed by atoms with Gasteiger partial charge < -0.3 is 15.2 Å². The van der Waals surface area contributed by atoms with Crippen LogP contribution in [0.15, 0.2) is 17.4 Å². The van der Waals surface area contributed by atoms with Crippen molar-refractivity contribution in [1.82, 2.24) is 9.97 Å². The first kappa shape index (κ1) is 13.1. The molecule has 1 aromatic heterocycles. The summed E-state index contributed by atoms with van der Waals surface area (Å²) in [5.41, 5.74) is 5.07. The SMILES string of the molecule is CSc1nccc(C2(OC(N)=O)CCOCC2)n1. The van der Waals surface area contributed by atoms with Crippen LogP contribution < -0.4 is 5.73 Å². The molecule has 1 aromatic rings. The molecule has 1 aliphatic rings. The van der Waals surface area contributed by atoms with Crippen molar-refractivity contribution in [3.8, 4) is 0 Å². The third kappa shape index (κ3) is 2.73. The largest absolute Gasteiger partial charge is 0.436 e. The lowest BCUT2D eigenvalue weighted by atomic mass is 9.90. The molecule has 2 rings (SSSR count). The summed E-state index contributed by atoms with van der Waals surface area (Å²) in [7, 11) is 0. The molecule has 0 bridgehead atoms. The summed E-state index contributed by atoms with van der Waals surface area (Å²) < 4.78 is 10.6. The molecule has 2 N–H and O–H groups in total. The Bertz CT molecular complexity index is 435. The number of aromatic nitrogens is 2. The second-order valence-electron chi connectivity index (χ2n) is 3.96. The summed E-state index contributed by atoms with van der Waals surface area (Å²) in [5, 5.41) is 0.645. The lowest BCUT2D eigenvalue weighted by Crippen LogP contribution is -2.40. The van der Waals surface area contributed by atoms with Crippen LogP contribution in [0.5, 0.6) is 0 Å². The van der Waals surface area contributed by atoms with Crippen LogP contribution in [0.3, 0.4) is 0 Å². The van der Waals surface area contributed by atoms with E-state index in [1.165, 1.54) is 11.8 Å². The first-order valence-electron chi connectivity index (χ1n) is 5.60. The summed E-state index contributed by atoms with van der Waals surface area (Å²) in [6, 6.07) is 1.76. The highest BCUT2D eigenvalue weighted by atomic mass is 32.2. The minimum absolute atomic E-state index is 0.520. The Morgan fingerprint density at radius 2 is 2.28 bits per heavy atom. The Morgan fingerprint density at radius 3 is 2.89 bits per heavy atom. The van der Waals surface area contributed by atoms with Gasteiger partial charge in [-0.3, -0.25) is 0 Å². The van der Waals surface area contributed by atoms with Crippen LogP contribution in [0.25, 0.3) is 0 Å². The number of thioether (sulfide) groups is 1. The predicted molar refractivity (Wildman–Crippen MR) is 66.2 cm³/mol. The van der Waals surface area contributed by atoms with Crippen LogP contribution in [-0.2, 0) is 15.1 Å². The Morgan fingerprint density at radius 1 is 1.56 bits per heavy atom. The number of rotatable bonds is 3. The molecule has 1 aliphatic heterocycles. The van der Waals surface area contributed by atoms with Gasteiger partial charge in [0.05, 0.1) is 18.9 Å². The number of primary amides is 1. The predicted octanol–water partition coefficient (Wildman–Crippen LogP) is 1.30. The molecule has 0 saturated carbocycles. The van der Waals surface area contributed by atoms with Crippen LogP contribution in [0.1, 0.15) is 18.5 Å². The van der Waals surface area contributed by atoms with Crippen molar-refractivity contribution >= 4 is 17.9 Å². The highest BCUT2D eigenvalue weighted by molar-refractivity contribution is 7.98. The fourth-order valence-corrected chi connectivity index (χ4v) is 2.35. The quantitative estimate of drug-likeness (QED) is 0.657. The Hall–Kier alpha value is -1.34. The van der Waals surface area contributed by atoms with E-state index >= 15 is 0 Å². The Balaban J connectivity index is 2.34. The van der Waals surface area contributed by atoms with Crippen molar-refractivity contribution in [2.24, 2.45) is 5.73 Å². The lowest BCUT2D eigenvalue weighted by molar-refractivity contribution is -0.0756. The van der Waals surface area contributed by atoms with Gasteiger partial charge in [0.25, 0.3) is 0 Å². The molecule has 2 heterocycles. The van der Waals surface area contributed by atoms with Gasteiger partial charge in [-0.1, -0.05) is 11.8 Å². The zero-order valence-electron chi connectivity index (χ0n) is 10.1. The number of ether oxygens (including phenoxy) is 2. The van der Waals surface area contributed by atoms with E-state index in [9.17, 15) is 4.79 Å². The normalized spacial score (nSPS) is 18.3. The first-order valence-corrected chi connectivity index (χ1v) is 6.82. The van der Waals surface area contributed by atoms with Crippen molar-refractivity contribution in [3.63, 3.8) is 0 Å². The second kappa shape index (κ2) is 5.53. The van der Waals surface area contributed by atoms with Gasteiger partial charge in [0.1, 0.15) is 0 Å². The van der Waals surface area contributed by atoms with Crippen LogP contribution in [-0.4, -0.2) is 35.5 Å². The molecule has 1 saturated heterocycles. The fraction of sp³-hybridized carbons (Fsp3) is 0.545. The monoisotopic (exact) mass is 269 g/mol. The number of carbonyl (C=O) groups is 1. The summed E-state index contributed by atoms with van der Waals surface area (Å²) in [6.07, 6.45) is 3.88. The fourth-order valence-electron chi connectivity index (χ4n) is 2.00. The topological polar surface area (TPSA) is 87.3 Å². The molecule has 1 fully saturated rings. The lowest BCUT2D eigenvalue weighted by Gasteiger charge is -2.35. The van der Waals surface area contributed by atoms with Crippen LogP contribution in [0.2, 0.25) is 0 Å². The van der Waals surface area contributed by atoms with Crippen LogP contribution in [0, 0.1) is 0 Å². The van der Waals surface area contributed by atoms with E-state index in [4.69, 9.17) is 15.2 Å². The number of hydrogen-bond acceptors (Lipinski definition) is 6. The molecule has 6 nitrogen and oxygen atoms in total. The van der Waals surface area contributed by atoms with Crippen molar-refractivity contribution in [2.75, 3.05) is 19.5 Å². The maximum Gasteiger partial charge on any atom is 0.405 e. The molecular weight excluding hydrogens is 254 g/mol. The van der Waals surface area contributed by atoms with Crippen molar-refractivity contribution < 1.29 is 14.3 Å². The van der Waals surface area contributed by atoms with Crippen LogP contribution >= 0.6 is 11.8 Å². The van der Waals surface area contributed by atoms with E-state index < -0.39 is 11.7 Å². The number of hydrogen-bond donors (Lipinski definition) is 1. The molecule has 0 atom stereocenters. The van der Waals surface area contributed by atoms with Gasteiger partial charge in [0, 0.05) is 19.0 Å². The van der Waals surface area contributed by atoms with E-state index in [1.807, 2.05) is 6.26 Å². The van der Waals surface area contributed by atoms with Gasteiger partial charge in [-0.05, 0) is 12.3 Å². The molecular formula is C11H15N3O3S. The average molecular weight is 269 g/mol. The first-order chi connectivity index (χ1) is 8.66. The standard InChI is InChI=1S/C11H15N3O3S/c1-18-10-13-5-2-8(14-10)11(17-9(12)15)3-6-16-7-4-11/h2,5H,3-4,6-7H2,1H3,(H2,12,15). The van der Waals surface area contributed by atoms with Gasteiger partial charge in [-0.15, -0.1) is 0 Å².